The van der Waals surface area contributed by atoms with Gasteiger partial charge in [0.25, 0.3) is 0 Å². The number of aryl methyl sites for hydroxylation is 2. The quantitative estimate of drug-likeness (QED) is 0.859. The summed E-state index contributed by atoms with van der Waals surface area (Å²) in [5, 5.41) is 1.88. The molecular formula is C14H17ClN2O. The van der Waals surface area contributed by atoms with Crippen LogP contribution in [0.15, 0.2) is 12.1 Å². The van der Waals surface area contributed by atoms with E-state index in [4.69, 9.17) is 22.1 Å². The second-order valence-electron chi connectivity index (χ2n) is 4.93. The number of nitrogens with zero attached hydrogens (tertiary/aromatic N) is 1. The number of benzene rings is 1. The highest BCUT2D eigenvalue weighted by molar-refractivity contribution is 6.32. The lowest BCUT2D eigenvalue weighted by Crippen LogP contribution is -2.19. The molecular weight excluding hydrogens is 248 g/mol. The molecule has 2 aromatic rings. The summed E-state index contributed by atoms with van der Waals surface area (Å²) >= 11 is 6.21. The van der Waals surface area contributed by atoms with E-state index >= 15 is 0 Å². The Hall–Kier alpha value is -1.19. The molecule has 3 nitrogen and oxygen atoms in total. The molecule has 1 unspecified atom stereocenters. The summed E-state index contributed by atoms with van der Waals surface area (Å²) < 4.78 is 7.49. The van der Waals surface area contributed by atoms with E-state index in [0.29, 0.717) is 5.02 Å². The fraction of sp³-hybridized carbons (Fsp3) is 0.429. The first-order valence-corrected chi connectivity index (χ1v) is 6.61. The number of hydrogen-bond acceptors (Lipinski definition) is 2. The Bertz CT molecular complexity index is 618. The van der Waals surface area contributed by atoms with Crippen molar-refractivity contribution in [1.82, 2.24) is 4.57 Å². The summed E-state index contributed by atoms with van der Waals surface area (Å²) in [4.78, 5) is 0. The van der Waals surface area contributed by atoms with Gasteiger partial charge in [-0.05, 0) is 37.0 Å². The van der Waals surface area contributed by atoms with Gasteiger partial charge < -0.3 is 15.0 Å². The second kappa shape index (κ2) is 4.18. The number of rotatable bonds is 1. The number of aromatic nitrogens is 1. The summed E-state index contributed by atoms with van der Waals surface area (Å²) in [7, 11) is 3.71. The minimum Gasteiger partial charge on any atom is -0.495 e. The molecule has 18 heavy (non-hydrogen) atoms. The van der Waals surface area contributed by atoms with Gasteiger partial charge in [-0.1, -0.05) is 11.6 Å². The van der Waals surface area contributed by atoms with Crippen LogP contribution in [0.3, 0.4) is 0 Å². The SMILES string of the molecule is COc1cc2c3c(n(C)c2cc1Cl)C(N)CCC3. The summed E-state index contributed by atoms with van der Waals surface area (Å²) in [5.74, 6) is 0.733. The zero-order valence-corrected chi connectivity index (χ0v) is 11.4. The van der Waals surface area contributed by atoms with E-state index in [9.17, 15) is 0 Å². The largest absolute Gasteiger partial charge is 0.495 e. The monoisotopic (exact) mass is 264 g/mol. The maximum absolute atomic E-state index is 6.23. The van der Waals surface area contributed by atoms with Crippen LogP contribution in [0, 0.1) is 0 Å². The molecule has 0 radical (unpaired) electrons. The van der Waals surface area contributed by atoms with Crippen molar-refractivity contribution >= 4 is 22.5 Å². The molecule has 2 N–H and O–H groups in total. The molecule has 1 aromatic heterocycles. The van der Waals surface area contributed by atoms with Gasteiger partial charge in [-0.3, -0.25) is 0 Å². The highest BCUT2D eigenvalue weighted by atomic mass is 35.5. The first-order valence-electron chi connectivity index (χ1n) is 6.23. The van der Waals surface area contributed by atoms with Gasteiger partial charge in [-0.25, -0.2) is 0 Å². The fourth-order valence-corrected chi connectivity index (χ4v) is 3.29. The molecule has 0 amide bonds. The summed E-state index contributed by atoms with van der Waals surface area (Å²) in [6, 6.07) is 4.14. The Morgan fingerprint density at radius 2 is 2.22 bits per heavy atom. The van der Waals surface area contributed by atoms with Gasteiger partial charge in [-0.15, -0.1) is 0 Å². The Morgan fingerprint density at radius 3 is 2.94 bits per heavy atom. The molecule has 0 spiro atoms. The predicted octanol–water partition coefficient (Wildman–Crippen LogP) is 3.18. The van der Waals surface area contributed by atoms with Gasteiger partial charge in [0.15, 0.2) is 0 Å². The number of nitrogens with two attached hydrogens (primary N) is 1. The topological polar surface area (TPSA) is 40.2 Å². The van der Waals surface area contributed by atoms with Crippen molar-refractivity contribution in [1.29, 1.82) is 0 Å². The average molecular weight is 265 g/mol. The molecule has 3 rings (SSSR count). The van der Waals surface area contributed by atoms with E-state index in [0.717, 1.165) is 30.5 Å². The number of halogens is 1. The third-order valence-electron chi connectivity index (χ3n) is 3.92. The zero-order valence-electron chi connectivity index (χ0n) is 10.7. The van der Waals surface area contributed by atoms with Crippen molar-refractivity contribution in [2.45, 2.75) is 25.3 Å². The van der Waals surface area contributed by atoms with E-state index < -0.39 is 0 Å². The molecule has 0 aliphatic heterocycles. The Kier molecular flexibility index (Phi) is 2.76. The molecule has 0 saturated carbocycles. The highest BCUT2D eigenvalue weighted by Gasteiger charge is 2.24. The lowest BCUT2D eigenvalue weighted by molar-refractivity contribution is 0.415. The minimum absolute atomic E-state index is 0.135. The number of fused-ring (bicyclic) bond motifs is 3. The predicted molar refractivity (Wildman–Crippen MR) is 74.3 cm³/mol. The van der Waals surface area contributed by atoms with Crippen LogP contribution in [-0.4, -0.2) is 11.7 Å². The normalized spacial score (nSPS) is 19.0. The molecule has 1 atom stereocenters. The fourth-order valence-electron chi connectivity index (χ4n) is 3.06. The Balaban J connectivity index is 2.36. The van der Waals surface area contributed by atoms with Crippen LogP contribution in [0.25, 0.3) is 10.9 Å². The van der Waals surface area contributed by atoms with Crippen LogP contribution in [0.2, 0.25) is 5.02 Å². The van der Waals surface area contributed by atoms with Crippen LogP contribution in [0.4, 0.5) is 0 Å². The average Bonchev–Trinajstić information content (AvgIpc) is 2.63. The first kappa shape index (κ1) is 11.9. The van der Waals surface area contributed by atoms with E-state index in [2.05, 4.69) is 11.6 Å². The summed E-state index contributed by atoms with van der Waals surface area (Å²) in [6.07, 6.45) is 3.30. The number of methoxy groups -OCH3 is 1. The molecule has 1 aliphatic rings. The van der Waals surface area contributed by atoms with Crippen LogP contribution >= 0.6 is 11.6 Å². The van der Waals surface area contributed by atoms with E-state index in [1.54, 1.807) is 7.11 Å². The van der Waals surface area contributed by atoms with Crippen molar-refractivity contribution in [3.8, 4) is 5.75 Å². The van der Waals surface area contributed by atoms with Crippen LogP contribution in [0.1, 0.15) is 30.1 Å². The Labute approximate surface area is 111 Å². The third kappa shape index (κ3) is 1.54. The maximum atomic E-state index is 6.23. The van der Waals surface area contributed by atoms with Crippen molar-refractivity contribution in [2.24, 2.45) is 12.8 Å². The molecule has 1 heterocycles. The van der Waals surface area contributed by atoms with E-state index in [1.807, 2.05) is 12.1 Å². The standard InChI is InChI=1S/C14H17ClN2O/c1-17-12-7-10(15)13(18-2)6-9(12)8-4-3-5-11(16)14(8)17/h6-7,11H,3-5,16H2,1-2H3. The second-order valence-corrected chi connectivity index (χ2v) is 5.33. The van der Waals surface area contributed by atoms with Gasteiger partial charge in [0, 0.05) is 24.2 Å². The van der Waals surface area contributed by atoms with Gasteiger partial charge in [0.2, 0.25) is 0 Å². The minimum atomic E-state index is 0.135. The molecule has 1 aliphatic carbocycles. The van der Waals surface area contributed by atoms with Gasteiger partial charge in [-0.2, -0.15) is 0 Å². The molecule has 1 aromatic carbocycles. The van der Waals surface area contributed by atoms with Crippen LogP contribution in [0.5, 0.6) is 5.75 Å². The van der Waals surface area contributed by atoms with Gasteiger partial charge in [0.1, 0.15) is 5.75 Å². The number of ether oxygens (including phenoxy) is 1. The number of hydrogen-bond donors (Lipinski definition) is 1. The summed E-state index contributed by atoms with van der Waals surface area (Å²) in [5.41, 5.74) is 9.99. The van der Waals surface area contributed by atoms with Crippen molar-refractivity contribution in [2.75, 3.05) is 7.11 Å². The van der Waals surface area contributed by atoms with Crippen molar-refractivity contribution < 1.29 is 4.74 Å². The molecule has 0 bridgehead atoms. The van der Waals surface area contributed by atoms with Crippen molar-refractivity contribution in [3.63, 3.8) is 0 Å². The zero-order chi connectivity index (χ0) is 12.9. The molecule has 0 fully saturated rings. The van der Waals surface area contributed by atoms with E-state index in [-0.39, 0.29) is 6.04 Å². The third-order valence-corrected chi connectivity index (χ3v) is 4.22. The lowest BCUT2D eigenvalue weighted by Gasteiger charge is -2.20. The summed E-state index contributed by atoms with van der Waals surface area (Å²) in [6.45, 7) is 0. The highest BCUT2D eigenvalue weighted by Crippen LogP contribution is 2.39. The molecule has 4 heteroatoms. The molecule has 0 saturated heterocycles. The van der Waals surface area contributed by atoms with Crippen LogP contribution < -0.4 is 10.5 Å². The molecule has 96 valence electrons. The maximum Gasteiger partial charge on any atom is 0.138 e. The lowest BCUT2D eigenvalue weighted by atomic mass is 9.92. The smallest absolute Gasteiger partial charge is 0.138 e. The van der Waals surface area contributed by atoms with Crippen LogP contribution in [-0.2, 0) is 13.5 Å². The van der Waals surface area contributed by atoms with Crippen molar-refractivity contribution in [3.05, 3.63) is 28.4 Å². The van der Waals surface area contributed by atoms with Gasteiger partial charge in [0.05, 0.1) is 17.6 Å². The van der Waals surface area contributed by atoms with Gasteiger partial charge >= 0.3 is 0 Å². The van der Waals surface area contributed by atoms with E-state index in [1.165, 1.54) is 16.6 Å². The Morgan fingerprint density at radius 1 is 1.44 bits per heavy atom. The first-order chi connectivity index (χ1) is 8.63.